The van der Waals surface area contributed by atoms with Gasteiger partial charge in [-0.05, 0) is 62.8 Å². The van der Waals surface area contributed by atoms with Gasteiger partial charge in [0.15, 0.2) is 0 Å². The van der Waals surface area contributed by atoms with Gasteiger partial charge in [-0.2, -0.15) is 0 Å². The van der Waals surface area contributed by atoms with Crippen LogP contribution in [-0.2, 0) is 4.79 Å². The number of nitrogens with one attached hydrogen (secondary N) is 3. The molecule has 7 heteroatoms. The van der Waals surface area contributed by atoms with Crippen molar-refractivity contribution in [2.75, 3.05) is 31.5 Å². The van der Waals surface area contributed by atoms with E-state index in [1.165, 1.54) is 0 Å². The van der Waals surface area contributed by atoms with Crippen molar-refractivity contribution in [1.29, 1.82) is 0 Å². The summed E-state index contributed by atoms with van der Waals surface area (Å²) in [7, 11) is 0. The molecule has 2 heterocycles. The van der Waals surface area contributed by atoms with E-state index in [9.17, 15) is 9.59 Å². The molecule has 1 aromatic heterocycles. The second-order valence-electron chi connectivity index (χ2n) is 8.62. The number of halogens is 1. The summed E-state index contributed by atoms with van der Waals surface area (Å²) in [5.41, 5.74) is 6.01. The van der Waals surface area contributed by atoms with Gasteiger partial charge in [-0.25, -0.2) is 0 Å². The normalized spacial score (nSPS) is 13.9. The smallest absolute Gasteiger partial charge is 0.256 e. The van der Waals surface area contributed by atoms with Crippen LogP contribution in [0.1, 0.15) is 47.6 Å². The Morgan fingerprint density at radius 1 is 1.11 bits per heavy atom. The Balaban J connectivity index is 1.69. The standard InChI is InChI=1S/C28H31BrN4O2/c1-4-33(5-2)15-9-14-30-28(35)25-18(3)31-24(26(25)19-10-7-6-8-11-19)17-22-21-16-20(29)12-13-23(21)32-27(22)34/h6-8,10-13,16-17,31H,4-5,9,14-15H2,1-3H3,(H,30,35)(H,32,34). The van der Waals surface area contributed by atoms with E-state index in [-0.39, 0.29) is 11.8 Å². The van der Waals surface area contributed by atoms with Gasteiger partial charge in [0.2, 0.25) is 0 Å². The molecule has 4 rings (SSSR count). The fourth-order valence-corrected chi connectivity index (χ4v) is 4.89. The predicted molar refractivity (Wildman–Crippen MR) is 146 cm³/mol. The number of fused-ring (bicyclic) bond motifs is 1. The van der Waals surface area contributed by atoms with Crippen LogP contribution in [0.4, 0.5) is 5.69 Å². The molecule has 0 spiro atoms. The summed E-state index contributed by atoms with van der Waals surface area (Å²) in [6.45, 7) is 9.76. The monoisotopic (exact) mass is 534 g/mol. The summed E-state index contributed by atoms with van der Waals surface area (Å²) in [6.07, 6.45) is 2.74. The molecule has 2 aromatic carbocycles. The molecule has 0 saturated carbocycles. The Bertz CT molecular complexity index is 1260. The lowest BCUT2D eigenvalue weighted by Gasteiger charge is -2.17. The molecule has 0 fully saturated rings. The lowest BCUT2D eigenvalue weighted by molar-refractivity contribution is -0.110. The van der Waals surface area contributed by atoms with Gasteiger partial charge in [0.05, 0.1) is 11.1 Å². The summed E-state index contributed by atoms with van der Waals surface area (Å²) >= 11 is 3.50. The Morgan fingerprint density at radius 2 is 1.86 bits per heavy atom. The quantitative estimate of drug-likeness (QED) is 0.243. The molecular formula is C28H31BrN4O2. The number of aryl methyl sites for hydroxylation is 1. The number of H-pyrrole nitrogens is 1. The van der Waals surface area contributed by atoms with Crippen molar-refractivity contribution < 1.29 is 9.59 Å². The maximum atomic E-state index is 13.4. The van der Waals surface area contributed by atoms with E-state index in [0.29, 0.717) is 17.7 Å². The minimum absolute atomic E-state index is 0.110. The summed E-state index contributed by atoms with van der Waals surface area (Å²) in [5.74, 6) is -0.271. The molecule has 0 atom stereocenters. The highest BCUT2D eigenvalue weighted by Gasteiger charge is 2.27. The van der Waals surface area contributed by atoms with Crippen LogP contribution in [0, 0.1) is 6.92 Å². The zero-order chi connectivity index (χ0) is 24.9. The van der Waals surface area contributed by atoms with Crippen LogP contribution in [0.15, 0.2) is 53.0 Å². The largest absolute Gasteiger partial charge is 0.358 e. The third kappa shape index (κ3) is 5.41. The van der Waals surface area contributed by atoms with E-state index in [0.717, 1.165) is 64.3 Å². The van der Waals surface area contributed by atoms with Crippen molar-refractivity contribution in [2.24, 2.45) is 0 Å². The van der Waals surface area contributed by atoms with Gasteiger partial charge in [-0.15, -0.1) is 0 Å². The molecule has 3 N–H and O–H groups in total. The fourth-order valence-electron chi connectivity index (χ4n) is 4.53. The molecule has 182 valence electrons. The highest BCUT2D eigenvalue weighted by atomic mass is 79.9. The third-order valence-electron chi connectivity index (χ3n) is 6.39. The molecule has 0 bridgehead atoms. The predicted octanol–water partition coefficient (Wildman–Crippen LogP) is 5.71. The number of carbonyl (C=O) groups excluding carboxylic acids is 2. The first-order chi connectivity index (χ1) is 16.9. The van der Waals surface area contributed by atoms with Gasteiger partial charge < -0.3 is 20.5 Å². The van der Waals surface area contributed by atoms with Crippen LogP contribution >= 0.6 is 15.9 Å². The second-order valence-corrected chi connectivity index (χ2v) is 9.53. The summed E-state index contributed by atoms with van der Waals surface area (Å²) < 4.78 is 0.898. The molecule has 0 radical (unpaired) electrons. The van der Waals surface area contributed by atoms with Gasteiger partial charge in [-0.1, -0.05) is 60.1 Å². The molecular weight excluding hydrogens is 504 g/mol. The van der Waals surface area contributed by atoms with E-state index in [1.807, 2.05) is 61.5 Å². The lowest BCUT2D eigenvalue weighted by atomic mass is 9.97. The minimum Gasteiger partial charge on any atom is -0.358 e. The molecule has 2 amide bonds. The summed E-state index contributed by atoms with van der Waals surface area (Å²) in [5, 5.41) is 6.03. The average Bonchev–Trinajstić information content (AvgIpc) is 3.35. The number of amides is 2. The van der Waals surface area contributed by atoms with Gasteiger partial charge in [0, 0.05) is 39.2 Å². The van der Waals surface area contributed by atoms with Crippen molar-refractivity contribution in [3.8, 4) is 11.1 Å². The Morgan fingerprint density at radius 3 is 2.57 bits per heavy atom. The number of hydrogen-bond acceptors (Lipinski definition) is 3. The number of aromatic nitrogens is 1. The summed E-state index contributed by atoms with van der Waals surface area (Å²) in [6, 6.07) is 15.5. The van der Waals surface area contributed by atoms with Gasteiger partial charge >= 0.3 is 0 Å². The Hall–Kier alpha value is -3.16. The Kier molecular flexibility index (Phi) is 7.88. The molecule has 6 nitrogen and oxygen atoms in total. The summed E-state index contributed by atoms with van der Waals surface area (Å²) in [4.78, 5) is 31.9. The molecule has 0 unspecified atom stereocenters. The molecule has 1 aliphatic rings. The maximum Gasteiger partial charge on any atom is 0.256 e. The van der Waals surface area contributed by atoms with Crippen molar-refractivity contribution >= 4 is 45.1 Å². The topological polar surface area (TPSA) is 77.2 Å². The molecule has 3 aromatic rings. The van der Waals surface area contributed by atoms with Gasteiger partial charge in [-0.3, -0.25) is 9.59 Å². The van der Waals surface area contributed by atoms with Crippen molar-refractivity contribution in [3.05, 3.63) is 75.5 Å². The molecule has 0 saturated heterocycles. The SMILES string of the molecule is CCN(CC)CCCNC(=O)c1c(C)[nH]c(C=C2C(=O)Nc3ccc(Br)cc32)c1-c1ccccc1. The first-order valence-corrected chi connectivity index (χ1v) is 12.8. The fraction of sp³-hybridized carbons (Fsp3) is 0.286. The van der Waals surface area contributed by atoms with Crippen molar-refractivity contribution in [2.45, 2.75) is 27.2 Å². The number of carbonyl (C=O) groups is 2. The van der Waals surface area contributed by atoms with E-state index in [1.54, 1.807) is 0 Å². The van der Waals surface area contributed by atoms with E-state index >= 15 is 0 Å². The zero-order valence-corrected chi connectivity index (χ0v) is 22.0. The van der Waals surface area contributed by atoms with Crippen molar-refractivity contribution in [1.82, 2.24) is 15.2 Å². The van der Waals surface area contributed by atoms with E-state index < -0.39 is 0 Å². The van der Waals surface area contributed by atoms with Gasteiger partial charge in [0.1, 0.15) is 0 Å². The first kappa shape index (κ1) is 24.9. The average molecular weight is 535 g/mol. The first-order valence-electron chi connectivity index (χ1n) is 12.0. The van der Waals surface area contributed by atoms with E-state index in [4.69, 9.17) is 0 Å². The van der Waals surface area contributed by atoms with Crippen LogP contribution in [0.2, 0.25) is 0 Å². The highest BCUT2D eigenvalue weighted by molar-refractivity contribution is 9.10. The van der Waals surface area contributed by atoms with Crippen LogP contribution in [0.3, 0.4) is 0 Å². The minimum atomic E-state index is -0.160. The number of benzene rings is 2. The number of anilines is 1. The van der Waals surface area contributed by atoms with Crippen LogP contribution in [0.25, 0.3) is 22.8 Å². The molecule has 0 aliphatic carbocycles. The zero-order valence-electron chi connectivity index (χ0n) is 20.4. The van der Waals surface area contributed by atoms with Crippen LogP contribution in [-0.4, -0.2) is 47.9 Å². The van der Waals surface area contributed by atoms with Crippen molar-refractivity contribution in [3.63, 3.8) is 0 Å². The number of rotatable bonds is 9. The Labute approximate surface area is 214 Å². The van der Waals surface area contributed by atoms with E-state index in [2.05, 4.69) is 50.3 Å². The number of nitrogens with zero attached hydrogens (tertiary/aromatic N) is 1. The highest BCUT2D eigenvalue weighted by Crippen LogP contribution is 2.38. The second kappa shape index (κ2) is 11.1. The molecule has 35 heavy (non-hydrogen) atoms. The lowest BCUT2D eigenvalue weighted by Crippen LogP contribution is -2.30. The van der Waals surface area contributed by atoms with Gasteiger partial charge in [0.25, 0.3) is 11.8 Å². The third-order valence-corrected chi connectivity index (χ3v) is 6.88. The maximum absolute atomic E-state index is 13.4. The van der Waals surface area contributed by atoms with Crippen LogP contribution in [0.5, 0.6) is 0 Å². The molecule has 1 aliphatic heterocycles. The van der Waals surface area contributed by atoms with Crippen LogP contribution < -0.4 is 10.6 Å². The number of hydrogen-bond donors (Lipinski definition) is 3. The number of aromatic amines is 1.